The second-order valence-corrected chi connectivity index (χ2v) is 7.46. The number of nitrogens with zero attached hydrogens (tertiary/aromatic N) is 1. The first kappa shape index (κ1) is 15.1. The molecule has 1 saturated heterocycles. The highest BCUT2D eigenvalue weighted by Crippen LogP contribution is 2.23. The van der Waals surface area contributed by atoms with Crippen molar-refractivity contribution in [3.8, 4) is 0 Å². The van der Waals surface area contributed by atoms with Crippen molar-refractivity contribution in [1.82, 2.24) is 4.90 Å². The predicted molar refractivity (Wildman–Crippen MR) is 78.4 cm³/mol. The first-order valence-corrected chi connectivity index (χ1v) is 8.31. The molecule has 0 aliphatic carbocycles. The summed E-state index contributed by atoms with van der Waals surface area (Å²) in [4.78, 5) is 14.1. The Morgan fingerprint density at radius 1 is 1.50 bits per heavy atom. The molecule has 6 nitrogen and oxygen atoms in total. The Hall–Kier alpha value is -1.31. The Bertz CT molecular complexity index is 633. The predicted octanol–water partition coefficient (Wildman–Crippen LogP) is 0.885. The van der Waals surface area contributed by atoms with Crippen molar-refractivity contribution in [2.45, 2.75) is 13.0 Å². The maximum atomic E-state index is 12.5. The van der Waals surface area contributed by atoms with Gasteiger partial charge in [0.05, 0.1) is 22.8 Å². The summed E-state index contributed by atoms with van der Waals surface area (Å²) < 4.78 is 23.1. The van der Waals surface area contributed by atoms with Gasteiger partial charge in [0.1, 0.15) is 0 Å². The molecular weight excluding hydrogens is 302 g/mol. The van der Waals surface area contributed by atoms with Gasteiger partial charge in [-0.3, -0.25) is 10.6 Å². The van der Waals surface area contributed by atoms with Crippen LogP contribution in [0.5, 0.6) is 0 Å². The number of halogens is 1. The number of anilines is 1. The zero-order chi connectivity index (χ0) is 14.9. The third-order valence-corrected chi connectivity index (χ3v) is 5.33. The van der Waals surface area contributed by atoms with Crippen LogP contribution in [-0.4, -0.2) is 43.3 Å². The van der Waals surface area contributed by atoms with Gasteiger partial charge >= 0.3 is 0 Å². The molecule has 0 saturated carbocycles. The van der Waals surface area contributed by atoms with Crippen molar-refractivity contribution in [2.75, 3.05) is 23.5 Å². The summed E-state index contributed by atoms with van der Waals surface area (Å²) in [6.45, 7) is 1.90. The Morgan fingerprint density at radius 2 is 2.20 bits per heavy atom. The summed E-state index contributed by atoms with van der Waals surface area (Å²) in [5.41, 5.74) is 3.25. The Labute approximate surface area is 122 Å². The van der Waals surface area contributed by atoms with Crippen molar-refractivity contribution >= 4 is 33.0 Å². The molecule has 110 valence electrons. The van der Waals surface area contributed by atoms with Gasteiger partial charge in [0, 0.05) is 17.6 Å². The van der Waals surface area contributed by atoms with Crippen LogP contribution >= 0.6 is 11.6 Å². The Kier molecular flexibility index (Phi) is 4.22. The fourth-order valence-corrected chi connectivity index (χ4v) is 4.00. The minimum absolute atomic E-state index is 0.0188. The van der Waals surface area contributed by atoms with Gasteiger partial charge < -0.3 is 10.3 Å². The normalized spacial score (nSPS) is 21.6. The van der Waals surface area contributed by atoms with E-state index >= 15 is 0 Å². The first-order valence-electron chi connectivity index (χ1n) is 6.11. The van der Waals surface area contributed by atoms with E-state index in [1.54, 1.807) is 19.1 Å². The molecule has 1 aliphatic rings. The average Bonchev–Trinajstić information content (AvgIpc) is 2.37. The number of nitrogen functional groups attached to an aromatic ring is 1. The largest absolute Gasteiger partial charge is 0.334 e. The molecule has 1 aliphatic heterocycles. The van der Waals surface area contributed by atoms with Crippen LogP contribution in [0, 0.1) is 0 Å². The summed E-state index contributed by atoms with van der Waals surface area (Å²) in [5, 5.41) is 0.421. The monoisotopic (exact) mass is 317 g/mol. The van der Waals surface area contributed by atoms with Crippen molar-refractivity contribution < 1.29 is 13.2 Å². The van der Waals surface area contributed by atoms with Gasteiger partial charge in [0.15, 0.2) is 9.84 Å². The van der Waals surface area contributed by atoms with Gasteiger partial charge in [0.2, 0.25) is 0 Å². The standard InChI is InChI=1S/C12H16ClN3O3S/c1-8-7-20(18,19)5-4-16(8)12(17)10-6-9(13)2-3-11(10)15-14/h2-3,6,8,15H,4-5,7,14H2,1H3. The molecule has 0 bridgehead atoms. The molecule has 0 spiro atoms. The van der Waals surface area contributed by atoms with E-state index in [4.69, 9.17) is 17.4 Å². The lowest BCUT2D eigenvalue weighted by atomic mass is 10.1. The topological polar surface area (TPSA) is 92.5 Å². The molecule has 1 fully saturated rings. The van der Waals surface area contributed by atoms with Crippen LogP contribution in [0.3, 0.4) is 0 Å². The summed E-state index contributed by atoms with van der Waals surface area (Å²) in [7, 11) is -3.06. The quantitative estimate of drug-likeness (QED) is 0.624. The number of carbonyl (C=O) groups is 1. The number of amides is 1. The highest BCUT2D eigenvalue weighted by atomic mass is 35.5. The van der Waals surface area contributed by atoms with E-state index in [0.29, 0.717) is 16.3 Å². The van der Waals surface area contributed by atoms with Crippen LogP contribution in [0.1, 0.15) is 17.3 Å². The SMILES string of the molecule is CC1CS(=O)(=O)CCN1C(=O)c1cc(Cl)ccc1NN. The third kappa shape index (κ3) is 3.05. The number of benzene rings is 1. The van der Waals surface area contributed by atoms with Crippen LogP contribution < -0.4 is 11.3 Å². The zero-order valence-electron chi connectivity index (χ0n) is 11.0. The molecule has 0 aromatic heterocycles. The van der Waals surface area contributed by atoms with E-state index in [2.05, 4.69) is 5.43 Å². The number of hydrogen-bond donors (Lipinski definition) is 2. The zero-order valence-corrected chi connectivity index (χ0v) is 12.5. The van der Waals surface area contributed by atoms with Gasteiger partial charge in [0.25, 0.3) is 5.91 Å². The average molecular weight is 318 g/mol. The van der Waals surface area contributed by atoms with Crippen LogP contribution in [0.4, 0.5) is 5.69 Å². The van der Waals surface area contributed by atoms with Gasteiger partial charge in [-0.1, -0.05) is 11.6 Å². The number of nitrogens with two attached hydrogens (primary N) is 1. The van der Waals surface area contributed by atoms with Gasteiger partial charge in [-0.25, -0.2) is 8.42 Å². The smallest absolute Gasteiger partial charge is 0.256 e. The van der Waals surface area contributed by atoms with Crippen LogP contribution in [-0.2, 0) is 9.84 Å². The molecule has 2 rings (SSSR count). The number of nitrogens with one attached hydrogen (secondary N) is 1. The number of sulfone groups is 1. The lowest BCUT2D eigenvalue weighted by molar-refractivity contribution is 0.0713. The molecule has 20 heavy (non-hydrogen) atoms. The highest BCUT2D eigenvalue weighted by Gasteiger charge is 2.32. The van der Waals surface area contributed by atoms with E-state index in [0.717, 1.165) is 0 Å². The molecule has 1 aromatic carbocycles. The van der Waals surface area contributed by atoms with Gasteiger partial charge in [-0.05, 0) is 25.1 Å². The Morgan fingerprint density at radius 3 is 2.80 bits per heavy atom. The van der Waals surface area contributed by atoms with Crippen molar-refractivity contribution in [3.05, 3.63) is 28.8 Å². The van der Waals surface area contributed by atoms with Crippen LogP contribution in [0.15, 0.2) is 18.2 Å². The van der Waals surface area contributed by atoms with Crippen molar-refractivity contribution in [3.63, 3.8) is 0 Å². The van der Waals surface area contributed by atoms with Crippen molar-refractivity contribution in [1.29, 1.82) is 0 Å². The summed E-state index contributed by atoms with van der Waals surface area (Å²) >= 11 is 5.90. The lowest BCUT2D eigenvalue weighted by Crippen LogP contribution is -2.49. The summed E-state index contributed by atoms with van der Waals surface area (Å²) in [6, 6.07) is 4.39. The Balaban J connectivity index is 2.30. The molecule has 1 atom stereocenters. The minimum Gasteiger partial charge on any atom is -0.334 e. The fraction of sp³-hybridized carbons (Fsp3) is 0.417. The van der Waals surface area contributed by atoms with E-state index in [-0.39, 0.29) is 30.0 Å². The molecule has 1 heterocycles. The number of hydrogen-bond acceptors (Lipinski definition) is 5. The molecule has 1 aromatic rings. The third-order valence-electron chi connectivity index (χ3n) is 3.30. The second-order valence-electron chi connectivity index (χ2n) is 4.80. The maximum absolute atomic E-state index is 12.5. The number of rotatable bonds is 2. The molecular formula is C12H16ClN3O3S. The van der Waals surface area contributed by atoms with Crippen LogP contribution in [0.2, 0.25) is 5.02 Å². The van der Waals surface area contributed by atoms with Crippen LogP contribution in [0.25, 0.3) is 0 Å². The number of hydrazine groups is 1. The fourth-order valence-electron chi connectivity index (χ4n) is 2.27. The highest BCUT2D eigenvalue weighted by molar-refractivity contribution is 7.91. The molecule has 1 unspecified atom stereocenters. The first-order chi connectivity index (χ1) is 9.34. The van der Waals surface area contributed by atoms with E-state index in [1.807, 2.05) is 0 Å². The van der Waals surface area contributed by atoms with Gasteiger partial charge in [-0.15, -0.1) is 0 Å². The molecule has 0 radical (unpaired) electrons. The van der Waals surface area contributed by atoms with E-state index in [1.165, 1.54) is 11.0 Å². The molecule has 3 N–H and O–H groups in total. The van der Waals surface area contributed by atoms with E-state index < -0.39 is 9.84 Å². The van der Waals surface area contributed by atoms with E-state index in [9.17, 15) is 13.2 Å². The number of carbonyl (C=O) groups excluding carboxylic acids is 1. The van der Waals surface area contributed by atoms with Gasteiger partial charge in [-0.2, -0.15) is 0 Å². The summed E-state index contributed by atoms with van der Waals surface area (Å²) in [5.74, 6) is 5.07. The minimum atomic E-state index is -3.06. The second kappa shape index (κ2) is 5.59. The summed E-state index contributed by atoms with van der Waals surface area (Å²) in [6.07, 6.45) is 0. The maximum Gasteiger partial charge on any atom is 0.256 e. The molecule has 8 heteroatoms. The molecule has 1 amide bonds. The lowest BCUT2D eigenvalue weighted by Gasteiger charge is -2.33. The van der Waals surface area contributed by atoms with Crippen molar-refractivity contribution in [2.24, 2.45) is 5.84 Å².